The molecule has 0 aliphatic carbocycles. The van der Waals surface area contributed by atoms with Gasteiger partial charge < -0.3 is 10.1 Å². The van der Waals surface area contributed by atoms with E-state index >= 15 is 0 Å². The van der Waals surface area contributed by atoms with Crippen LogP contribution >= 0.6 is 0 Å². The van der Waals surface area contributed by atoms with Gasteiger partial charge in [0.05, 0.1) is 7.11 Å². The topological polar surface area (TPSA) is 62.1 Å². The van der Waals surface area contributed by atoms with Gasteiger partial charge in [0.2, 0.25) is 0 Å². The molecule has 0 radical (unpaired) electrons. The van der Waals surface area contributed by atoms with Crippen LogP contribution in [-0.4, -0.2) is 13.0 Å². The van der Waals surface area contributed by atoms with Crippen molar-refractivity contribution in [2.75, 3.05) is 7.11 Å². The molecule has 3 aromatic rings. The highest BCUT2D eigenvalue weighted by Gasteiger charge is 2.12. The highest BCUT2D eigenvalue weighted by Crippen LogP contribution is 2.30. The third kappa shape index (κ3) is 3.73. The molecule has 0 aliphatic heterocycles. The van der Waals surface area contributed by atoms with E-state index in [4.69, 9.17) is 4.74 Å². The predicted octanol–water partition coefficient (Wildman–Crippen LogP) is 4.07. The number of fused-ring (bicyclic) bond motifs is 1. The summed E-state index contributed by atoms with van der Waals surface area (Å²) < 4.78 is 5.42. The van der Waals surface area contributed by atoms with E-state index in [1.807, 2.05) is 72.8 Å². The highest BCUT2D eigenvalue weighted by molar-refractivity contribution is 6.04. The van der Waals surface area contributed by atoms with Crippen molar-refractivity contribution in [1.82, 2.24) is 5.32 Å². The van der Waals surface area contributed by atoms with E-state index in [2.05, 4.69) is 5.32 Å². The molecule has 3 aromatic carbocycles. The third-order valence-corrected chi connectivity index (χ3v) is 4.10. The molecule has 0 saturated heterocycles. The molecule has 0 bridgehead atoms. The Balaban J connectivity index is 1.92. The zero-order chi connectivity index (χ0) is 18.4. The zero-order valence-corrected chi connectivity index (χ0v) is 14.4. The number of hydrogen-bond donors (Lipinski definition) is 1. The Hall–Kier alpha value is -3.58. The van der Waals surface area contributed by atoms with Crippen LogP contribution in [0, 0.1) is 11.3 Å². The van der Waals surface area contributed by atoms with Gasteiger partial charge in [0, 0.05) is 12.1 Å². The maximum atomic E-state index is 12.4. The number of carbonyl (C=O) groups is 1. The molecular formula is C22H18N2O2. The van der Waals surface area contributed by atoms with Crippen LogP contribution in [0.5, 0.6) is 5.75 Å². The molecule has 4 nitrogen and oxygen atoms in total. The molecule has 0 saturated carbocycles. The summed E-state index contributed by atoms with van der Waals surface area (Å²) in [6.45, 7) is 0.366. The van der Waals surface area contributed by atoms with Crippen molar-refractivity contribution < 1.29 is 9.53 Å². The zero-order valence-electron chi connectivity index (χ0n) is 14.4. The van der Waals surface area contributed by atoms with Crippen LogP contribution in [0.15, 0.2) is 72.3 Å². The molecule has 0 atom stereocenters. The van der Waals surface area contributed by atoms with Crippen molar-refractivity contribution in [3.05, 3.63) is 83.4 Å². The van der Waals surface area contributed by atoms with Crippen molar-refractivity contribution in [3.8, 4) is 11.8 Å². The van der Waals surface area contributed by atoms with E-state index in [9.17, 15) is 10.1 Å². The van der Waals surface area contributed by atoms with Crippen molar-refractivity contribution in [3.63, 3.8) is 0 Å². The number of benzene rings is 3. The Morgan fingerprint density at radius 2 is 1.81 bits per heavy atom. The fourth-order valence-corrected chi connectivity index (χ4v) is 2.77. The Morgan fingerprint density at radius 1 is 1.08 bits per heavy atom. The van der Waals surface area contributed by atoms with E-state index in [0.29, 0.717) is 12.3 Å². The molecule has 1 amide bonds. The van der Waals surface area contributed by atoms with E-state index in [-0.39, 0.29) is 5.57 Å². The van der Waals surface area contributed by atoms with E-state index < -0.39 is 5.91 Å². The molecule has 0 unspecified atom stereocenters. The lowest BCUT2D eigenvalue weighted by atomic mass is 10.0. The van der Waals surface area contributed by atoms with Crippen LogP contribution in [-0.2, 0) is 11.3 Å². The third-order valence-electron chi connectivity index (χ3n) is 4.10. The number of rotatable bonds is 5. The molecule has 0 aromatic heterocycles. The standard InChI is InChI=1S/C22H18N2O2/c1-26-21-12-11-17-9-5-6-10-19(17)20(21)13-18(14-23)22(25)24-15-16-7-3-2-4-8-16/h2-13H,15H2,1H3,(H,24,25)/b18-13-. The van der Waals surface area contributed by atoms with E-state index in [1.165, 1.54) is 0 Å². The van der Waals surface area contributed by atoms with Gasteiger partial charge in [0.1, 0.15) is 17.4 Å². The number of ether oxygens (including phenoxy) is 1. The van der Waals surface area contributed by atoms with Crippen molar-refractivity contribution in [2.45, 2.75) is 6.54 Å². The van der Waals surface area contributed by atoms with Crippen LogP contribution in [0.25, 0.3) is 16.8 Å². The lowest BCUT2D eigenvalue weighted by Gasteiger charge is -2.10. The molecule has 4 heteroatoms. The Bertz CT molecular complexity index is 1000. The normalized spacial score (nSPS) is 11.0. The van der Waals surface area contributed by atoms with Gasteiger partial charge in [-0.1, -0.05) is 60.7 Å². The van der Waals surface area contributed by atoms with E-state index in [0.717, 1.165) is 21.9 Å². The first kappa shape index (κ1) is 17.2. The lowest BCUT2D eigenvalue weighted by molar-refractivity contribution is -0.117. The summed E-state index contributed by atoms with van der Waals surface area (Å²) >= 11 is 0. The minimum Gasteiger partial charge on any atom is -0.496 e. The van der Waals surface area contributed by atoms with Crippen LogP contribution in [0.3, 0.4) is 0 Å². The smallest absolute Gasteiger partial charge is 0.262 e. The summed E-state index contributed by atoms with van der Waals surface area (Å²) in [6, 6.07) is 23.1. The van der Waals surface area contributed by atoms with Crippen LogP contribution in [0.1, 0.15) is 11.1 Å². The Labute approximate surface area is 152 Å². The van der Waals surface area contributed by atoms with Crippen LogP contribution < -0.4 is 10.1 Å². The molecule has 26 heavy (non-hydrogen) atoms. The van der Waals surface area contributed by atoms with Gasteiger partial charge in [-0.05, 0) is 28.5 Å². The summed E-state index contributed by atoms with van der Waals surface area (Å²) in [5.74, 6) is 0.207. The first-order valence-electron chi connectivity index (χ1n) is 8.22. The first-order chi connectivity index (χ1) is 12.7. The molecule has 0 spiro atoms. The minimum absolute atomic E-state index is 0.0376. The summed E-state index contributed by atoms with van der Waals surface area (Å²) in [5, 5.41) is 14.2. The van der Waals surface area contributed by atoms with Crippen molar-refractivity contribution in [1.29, 1.82) is 5.26 Å². The molecule has 0 heterocycles. The fraction of sp³-hybridized carbons (Fsp3) is 0.0909. The molecule has 0 aliphatic rings. The summed E-state index contributed by atoms with van der Waals surface area (Å²) in [4.78, 5) is 12.4. The molecule has 3 rings (SSSR count). The number of nitriles is 1. The predicted molar refractivity (Wildman–Crippen MR) is 102 cm³/mol. The summed E-state index contributed by atoms with van der Waals surface area (Å²) in [6.07, 6.45) is 1.58. The Morgan fingerprint density at radius 3 is 2.54 bits per heavy atom. The van der Waals surface area contributed by atoms with Gasteiger partial charge in [-0.3, -0.25) is 4.79 Å². The molecule has 0 fully saturated rings. The second kappa shape index (κ2) is 8.00. The van der Waals surface area contributed by atoms with Crippen LogP contribution in [0.4, 0.5) is 0 Å². The second-order valence-corrected chi connectivity index (χ2v) is 5.74. The maximum Gasteiger partial charge on any atom is 0.262 e. The van der Waals surface area contributed by atoms with Crippen LogP contribution in [0.2, 0.25) is 0 Å². The Kier molecular flexibility index (Phi) is 5.31. The largest absolute Gasteiger partial charge is 0.496 e. The maximum absolute atomic E-state index is 12.4. The van der Waals surface area contributed by atoms with E-state index in [1.54, 1.807) is 13.2 Å². The fourth-order valence-electron chi connectivity index (χ4n) is 2.77. The van der Waals surface area contributed by atoms with Crippen molar-refractivity contribution in [2.24, 2.45) is 0 Å². The van der Waals surface area contributed by atoms with Gasteiger partial charge in [-0.15, -0.1) is 0 Å². The highest BCUT2D eigenvalue weighted by atomic mass is 16.5. The van der Waals surface area contributed by atoms with Gasteiger partial charge in [-0.25, -0.2) is 0 Å². The quantitative estimate of drug-likeness (QED) is 0.561. The number of nitrogens with one attached hydrogen (secondary N) is 1. The van der Waals surface area contributed by atoms with Gasteiger partial charge in [0.25, 0.3) is 5.91 Å². The average molecular weight is 342 g/mol. The number of carbonyl (C=O) groups excluding carboxylic acids is 1. The SMILES string of the molecule is COc1ccc2ccccc2c1/C=C(/C#N)C(=O)NCc1ccccc1. The summed E-state index contributed by atoms with van der Waals surface area (Å²) in [7, 11) is 1.57. The minimum atomic E-state index is -0.411. The molecule has 128 valence electrons. The lowest BCUT2D eigenvalue weighted by Crippen LogP contribution is -2.23. The average Bonchev–Trinajstić information content (AvgIpc) is 2.70. The second-order valence-electron chi connectivity index (χ2n) is 5.74. The number of nitrogens with zero attached hydrogens (tertiary/aromatic N) is 1. The van der Waals surface area contributed by atoms with Gasteiger partial charge in [0.15, 0.2) is 0 Å². The van der Waals surface area contributed by atoms with Gasteiger partial charge in [-0.2, -0.15) is 5.26 Å². The molecular weight excluding hydrogens is 324 g/mol. The molecule has 1 N–H and O–H groups in total. The first-order valence-corrected chi connectivity index (χ1v) is 8.22. The number of hydrogen-bond acceptors (Lipinski definition) is 3. The van der Waals surface area contributed by atoms with Gasteiger partial charge >= 0.3 is 0 Å². The van der Waals surface area contributed by atoms with Crippen molar-refractivity contribution >= 4 is 22.8 Å². The number of methoxy groups -OCH3 is 1. The monoisotopic (exact) mass is 342 g/mol. The summed E-state index contributed by atoms with van der Waals surface area (Å²) in [5.41, 5.74) is 1.73. The number of amides is 1.